The number of hydrogen-bond donors (Lipinski definition) is 2. The quantitative estimate of drug-likeness (QED) is 0.359. The molecule has 4 aromatic rings. The first kappa shape index (κ1) is 19.7. The lowest BCUT2D eigenvalue weighted by molar-refractivity contribution is 0.0610. The summed E-state index contributed by atoms with van der Waals surface area (Å²) in [5.74, 6) is -0.217. The minimum absolute atomic E-state index is 0.229. The highest BCUT2D eigenvalue weighted by atomic mass is 16.2. The lowest BCUT2D eigenvalue weighted by Crippen LogP contribution is -2.41. The Balaban J connectivity index is 1.22. The maximum atomic E-state index is 12.9. The number of nitrogen functional groups attached to an aromatic ring is 1. The second kappa shape index (κ2) is 8.11. The molecule has 2 heterocycles. The summed E-state index contributed by atoms with van der Waals surface area (Å²) < 4.78 is 0. The molecule has 0 aliphatic carbocycles. The third-order valence-corrected chi connectivity index (χ3v) is 5.60. The monoisotopic (exact) mass is 423 g/mol. The normalized spacial score (nSPS) is 12.9. The molecule has 1 aliphatic rings. The summed E-state index contributed by atoms with van der Waals surface area (Å²) in [4.78, 5) is 35.4. The highest BCUT2D eigenvalue weighted by molar-refractivity contribution is 6.25. The fraction of sp³-hybridized carbons (Fsp3) is 0.120. The van der Waals surface area contributed by atoms with Crippen molar-refractivity contribution in [2.45, 2.75) is 6.42 Å². The number of aromatic nitrogens is 2. The number of nitrogens with one attached hydrogen (secondary N) is 1. The maximum Gasteiger partial charge on any atom is 0.261 e. The topological polar surface area (TPSA) is 101 Å². The van der Waals surface area contributed by atoms with Gasteiger partial charge in [-0.1, -0.05) is 36.4 Å². The second-order valence-electron chi connectivity index (χ2n) is 7.63. The third kappa shape index (κ3) is 3.54. The van der Waals surface area contributed by atoms with Gasteiger partial charge in [0.1, 0.15) is 0 Å². The van der Waals surface area contributed by atoms with Gasteiger partial charge in [-0.2, -0.15) is 0 Å². The second-order valence-corrected chi connectivity index (χ2v) is 7.63. The third-order valence-electron chi connectivity index (χ3n) is 5.60. The highest BCUT2D eigenvalue weighted by Gasteiger charge is 2.31. The molecule has 1 aliphatic heterocycles. The number of nitrogens with two attached hydrogens (primary N) is 1. The van der Waals surface area contributed by atoms with Crippen LogP contribution in [0.2, 0.25) is 0 Å². The van der Waals surface area contributed by atoms with Crippen LogP contribution < -0.4 is 11.1 Å². The van der Waals surface area contributed by atoms with Crippen LogP contribution in [0.1, 0.15) is 27.1 Å². The number of hydrogen-bond acceptors (Lipinski definition) is 6. The Kier molecular flexibility index (Phi) is 4.99. The summed E-state index contributed by atoms with van der Waals surface area (Å²) in [6.45, 7) is 0.983. The average molecular weight is 423 g/mol. The van der Waals surface area contributed by atoms with Gasteiger partial charge < -0.3 is 11.1 Å². The Morgan fingerprint density at radius 2 is 1.56 bits per heavy atom. The molecule has 0 fully saturated rings. The van der Waals surface area contributed by atoms with Gasteiger partial charge in [-0.15, -0.1) is 0 Å². The number of anilines is 2. The number of nitrogens with zero attached hydrogens (tertiary/aromatic N) is 3. The van der Waals surface area contributed by atoms with E-state index in [9.17, 15) is 9.59 Å². The van der Waals surface area contributed by atoms with E-state index in [0.29, 0.717) is 30.6 Å². The summed E-state index contributed by atoms with van der Waals surface area (Å²) in [7, 11) is 0. The van der Waals surface area contributed by atoms with E-state index in [1.807, 2.05) is 54.6 Å². The molecule has 0 unspecified atom stereocenters. The first-order chi connectivity index (χ1) is 15.6. The molecule has 7 heteroatoms. The summed E-state index contributed by atoms with van der Waals surface area (Å²) >= 11 is 0. The van der Waals surface area contributed by atoms with E-state index in [2.05, 4.69) is 15.3 Å². The smallest absolute Gasteiger partial charge is 0.261 e. The SMILES string of the molecule is Nc1nccc(-c2ccc(NCCCN3C(=O)c4cccc5cccc(c45)C3=O)cc2)n1. The van der Waals surface area contributed by atoms with Gasteiger partial charge in [0.15, 0.2) is 0 Å². The summed E-state index contributed by atoms with van der Waals surface area (Å²) in [5, 5.41) is 5.00. The van der Waals surface area contributed by atoms with Crippen molar-refractivity contribution in [2.75, 3.05) is 24.1 Å². The molecule has 158 valence electrons. The Morgan fingerprint density at radius 3 is 2.22 bits per heavy atom. The fourth-order valence-corrected chi connectivity index (χ4v) is 4.05. The number of carbonyl (C=O) groups excluding carboxylic acids is 2. The van der Waals surface area contributed by atoms with E-state index in [4.69, 9.17) is 5.73 Å². The minimum atomic E-state index is -0.229. The van der Waals surface area contributed by atoms with Gasteiger partial charge in [0.05, 0.1) is 5.69 Å². The predicted molar refractivity (Wildman–Crippen MR) is 124 cm³/mol. The molecule has 0 saturated carbocycles. The van der Waals surface area contributed by atoms with Crippen molar-refractivity contribution in [3.63, 3.8) is 0 Å². The van der Waals surface area contributed by atoms with Crippen LogP contribution in [0.3, 0.4) is 0 Å². The number of carbonyl (C=O) groups is 2. The molecular formula is C25H21N5O2. The van der Waals surface area contributed by atoms with E-state index in [1.165, 1.54) is 4.90 Å². The fourth-order valence-electron chi connectivity index (χ4n) is 4.05. The van der Waals surface area contributed by atoms with Gasteiger partial charge >= 0.3 is 0 Å². The van der Waals surface area contributed by atoms with E-state index < -0.39 is 0 Å². The summed E-state index contributed by atoms with van der Waals surface area (Å²) in [6, 6.07) is 20.8. The van der Waals surface area contributed by atoms with E-state index in [-0.39, 0.29) is 17.8 Å². The van der Waals surface area contributed by atoms with Crippen molar-refractivity contribution >= 4 is 34.2 Å². The molecule has 7 nitrogen and oxygen atoms in total. The van der Waals surface area contributed by atoms with Gasteiger partial charge in [-0.3, -0.25) is 14.5 Å². The summed E-state index contributed by atoms with van der Waals surface area (Å²) in [6.07, 6.45) is 2.27. The maximum absolute atomic E-state index is 12.9. The van der Waals surface area contributed by atoms with E-state index in [0.717, 1.165) is 27.7 Å². The molecule has 0 spiro atoms. The molecule has 0 atom stereocenters. The first-order valence-corrected chi connectivity index (χ1v) is 10.4. The molecule has 5 rings (SSSR count). The van der Waals surface area contributed by atoms with Crippen molar-refractivity contribution in [2.24, 2.45) is 0 Å². The van der Waals surface area contributed by atoms with Crippen LogP contribution in [0.15, 0.2) is 72.9 Å². The van der Waals surface area contributed by atoms with Crippen LogP contribution in [0.4, 0.5) is 11.6 Å². The Labute approximate surface area is 184 Å². The first-order valence-electron chi connectivity index (χ1n) is 10.4. The number of benzene rings is 3. The van der Waals surface area contributed by atoms with Gasteiger partial charge in [0, 0.05) is 47.1 Å². The predicted octanol–water partition coefficient (Wildman–Crippen LogP) is 3.98. The van der Waals surface area contributed by atoms with Crippen LogP contribution in [-0.4, -0.2) is 39.8 Å². The average Bonchev–Trinajstić information content (AvgIpc) is 2.82. The number of amides is 2. The Hall–Kier alpha value is -4.26. The van der Waals surface area contributed by atoms with Crippen LogP contribution in [-0.2, 0) is 0 Å². The van der Waals surface area contributed by atoms with Crippen LogP contribution in [0, 0.1) is 0 Å². The van der Waals surface area contributed by atoms with Crippen LogP contribution >= 0.6 is 0 Å². The Morgan fingerprint density at radius 1 is 0.875 bits per heavy atom. The molecule has 0 saturated heterocycles. The number of imide groups is 1. The zero-order chi connectivity index (χ0) is 22.1. The van der Waals surface area contributed by atoms with Crippen LogP contribution in [0.5, 0.6) is 0 Å². The lowest BCUT2D eigenvalue weighted by atomic mass is 9.94. The van der Waals surface area contributed by atoms with Gasteiger partial charge in [-0.25, -0.2) is 9.97 Å². The zero-order valence-corrected chi connectivity index (χ0v) is 17.3. The molecule has 0 radical (unpaired) electrons. The lowest BCUT2D eigenvalue weighted by Gasteiger charge is -2.27. The Bertz CT molecular complexity index is 1280. The molecule has 32 heavy (non-hydrogen) atoms. The van der Waals surface area contributed by atoms with Crippen molar-refractivity contribution in [1.82, 2.24) is 14.9 Å². The summed E-state index contributed by atoms with van der Waals surface area (Å²) in [5.41, 5.74) is 9.49. The molecule has 3 N–H and O–H groups in total. The van der Waals surface area contributed by atoms with E-state index in [1.54, 1.807) is 18.3 Å². The largest absolute Gasteiger partial charge is 0.385 e. The standard InChI is InChI=1S/C25H21N5O2/c26-25-28-14-12-21(29-25)16-8-10-18(11-9-16)27-13-3-15-30-23(31)19-6-1-4-17-5-2-7-20(22(17)19)24(30)32/h1-2,4-12,14,27H,3,13,15H2,(H2,26,28,29). The molecule has 0 bridgehead atoms. The van der Waals surface area contributed by atoms with Crippen molar-refractivity contribution in [3.8, 4) is 11.3 Å². The molecule has 3 aromatic carbocycles. The molecule has 2 amide bonds. The number of rotatable bonds is 6. The van der Waals surface area contributed by atoms with Crippen molar-refractivity contribution < 1.29 is 9.59 Å². The van der Waals surface area contributed by atoms with Crippen LogP contribution in [0.25, 0.3) is 22.0 Å². The van der Waals surface area contributed by atoms with Gasteiger partial charge in [0.25, 0.3) is 11.8 Å². The minimum Gasteiger partial charge on any atom is -0.385 e. The molecular weight excluding hydrogens is 402 g/mol. The van der Waals surface area contributed by atoms with Gasteiger partial charge in [-0.05, 0) is 42.1 Å². The van der Waals surface area contributed by atoms with Crippen molar-refractivity contribution in [3.05, 3.63) is 84.1 Å². The van der Waals surface area contributed by atoms with Crippen molar-refractivity contribution in [1.29, 1.82) is 0 Å². The van der Waals surface area contributed by atoms with E-state index >= 15 is 0 Å². The highest BCUT2D eigenvalue weighted by Crippen LogP contribution is 2.30. The van der Waals surface area contributed by atoms with Gasteiger partial charge in [0.2, 0.25) is 5.95 Å². The molecule has 1 aromatic heterocycles. The zero-order valence-electron chi connectivity index (χ0n) is 17.3.